The summed E-state index contributed by atoms with van der Waals surface area (Å²) in [5.41, 5.74) is 3.07. The van der Waals surface area contributed by atoms with Crippen LogP contribution in [0.3, 0.4) is 0 Å². The monoisotopic (exact) mass is 375 g/mol. The van der Waals surface area contributed by atoms with Crippen molar-refractivity contribution in [3.8, 4) is 23.0 Å². The van der Waals surface area contributed by atoms with Gasteiger partial charge in [-0.05, 0) is 42.5 Å². The molecule has 7 heteroatoms. The van der Waals surface area contributed by atoms with Crippen LogP contribution in [0.25, 0.3) is 22.6 Å². The van der Waals surface area contributed by atoms with Gasteiger partial charge in [-0.2, -0.15) is 0 Å². The van der Waals surface area contributed by atoms with E-state index in [1.165, 1.54) is 14.2 Å². The summed E-state index contributed by atoms with van der Waals surface area (Å²) in [7, 11) is 3.07. The van der Waals surface area contributed by atoms with Crippen molar-refractivity contribution in [3.05, 3.63) is 66.5 Å². The standard InChI is InChI=1S/C21H17N3O4/c1-26-16-8-14(9-17(11-16)27-2)20(25)23-15-5-6-19-18(10-15)24-21(28-19)13-4-3-7-22-12-13/h3-12H,1-2H3,(H,23,25). The molecule has 1 N–H and O–H groups in total. The highest BCUT2D eigenvalue weighted by Gasteiger charge is 2.13. The Kier molecular flexibility index (Phi) is 4.63. The second-order valence-corrected chi connectivity index (χ2v) is 6.00. The Morgan fingerprint density at radius 3 is 2.50 bits per heavy atom. The first-order valence-electron chi connectivity index (χ1n) is 8.51. The summed E-state index contributed by atoms with van der Waals surface area (Å²) in [5.74, 6) is 1.27. The number of ether oxygens (including phenoxy) is 2. The van der Waals surface area contributed by atoms with Crippen molar-refractivity contribution in [1.82, 2.24) is 9.97 Å². The lowest BCUT2D eigenvalue weighted by molar-refractivity contribution is 0.102. The van der Waals surface area contributed by atoms with Crippen molar-refractivity contribution < 1.29 is 18.7 Å². The topological polar surface area (TPSA) is 86.5 Å². The number of fused-ring (bicyclic) bond motifs is 1. The van der Waals surface area contributed by atoms with Crippen LogP contribution >= 0.6 is 0 Å². The quantitative estimate of drug-likeness (QED) is 0.564. The minimum Gasteiger partial charge on any atom is -0.497 e. The average molecular weight is 375 g/mol. The maximum atomic E-state index is 12.6. The lowest BCUT2D eigenvalue weighted by atomic mass is 10.1. The van der Waals surface area contributed by atoms with Crippen LogP contribution in [0.2, 0.25) is 0 Å². The molecule has 4 rings (SSSR count). The van der Waals surface area contributed by atoms with E-state index in [0.29, 0.717) is 39.7 Å². The molecule has 1 amide bonds. The number of hydrogen-bond donors (Lipinski definition) is 1. The zero-order chi connectivity index (χ0) is 19.5. The summed E-state index contributed by atoms with van der Waals surface area (Å²) in [6.45, 7) is 0. The molecule has 0 unspecified atom stereocenters. The summed E-state index contributed by atoms with van der Waals surface area (Å²) < 4.78 is 16.2. The molecule has 0 atom stereocenters. The zero-order valence-corrected chi connectivity index (χ0v) is 15.3. The molecule has 0 aliphatic carbocycles. The number of aromatic nitrogens is 2. The van der Waals surface area contributed by atoms with Gasteiger partial charge in [-0.15, -0.1) is 0 Å². The molecule has 4 aromatic rings. The fraction of sp³-hybridized carbons (Fsp3) is 0.0952. The van der Waals surface area contributed by atoms with E-state index in [0.717, 1.165) is 5.56 Å². The lowest BCUT2D eigenvalue weighted by Gasteiger charge is -2.09. The Bertz CT molecular complexity index is 1120. The summed E-state index contributed by atoms with van der Waals surface area (Å²) in [4.78, 5) is 21.2. The Morgan fingerprint density at radius 2 is 1.82 bits per heavy atom. The zero-order valence-electron chi connectivity index (χ0n) is 15.3. The molecular weight excluding hydrogens is 358 g/mol. The number of benzene rings is 2. The molecule has 0 saturated heterocycles. The van der Waals surface area contributed by atoms with Crippen LogP contribution in [-0.2, 0) is 0 Å². The predicted octanol–water partition coefficient (Wildman–Crippen LogP) is 4.16. The summed E-state index contributed by atoms with van der Waals surface area (Å²) in [6.07, 6.45) is 3.37. The number of methoxy groups -OCH3 is 2. The van der Waals surface area contributed by atoms with Gasteiger partial charge < -0.3 is 19.2 Å². The molecule has 0 radical (unpaired) electrons. The molecule has 2 aromatic heterocycles. The maximum absolute atomic E-state index is 12.6. The van der Waals surface area contributed by atoms with Crippen LogP contribution in [-0.4, -0.2) is 30.1 Å². The minimum absolute atomic E-state index is 0.285. The van der Waals surface area contributed by atoms with E-state index in [1.54, 1.807) is 48.8 Å². The molecular formula is C21H17N3O4. The molecule has 0 aliphatic rings. The third-order valence-corrected chi connectivity index (χ3v) is 4.17. The van der Waals surface area contributed by atoms with Crippen LogP contribution in [0.15, 0.2) is 65.3 Å². The minimum atomic E-state index is -0.285. The fourth-order valence-corrected chi connectivity index (χ4v) is 2.76. The summed E-state index contributed by atoms with van der Waals surface area (Å²) >= 11 is 0. The van der Waals surface area contributed by atoms with Crippen molar-refractivity contribution in [2.75, 3.05) is 19.5 Å². The number of pyridine rings is 1. The molecule has 0 aliphatic heterocycles. The molecule has 28 heavy (non-hydrogen) atoms. The first-order valence-corrected chi connectivity index (χ1v) is 8.51. The predicted molar refractivity (Wildman–Crippen MR) is 105 cm³/mol. The molecule has 140 valence electrons. The SMILES string of the molecule is COc1cc(OC)cc(C(=O)Nc2ccc3oc(-c4cccnc4)nc3c2)c1. The lowest BCUT2D eigenvalue weighted by Crippen LogP contribution is -2.12. The van der Waals surface area contributed by atoms with Crippen LogP contribution < -0.4 is 14.8 Å². The molecule has 0 spiro atoms. The van der Waals surface area contributed by atoms with Crippen molar-refractivity contribution in [3.63, 3.8) is 0 Å². The van der Waals surface area contributed by atoms with Gasteiger partial charge >= 0.3 is 0 Å². The van der Waals surface area contributed by atoms with E-state index >= 15 is 0 Å². The maximum Gasteiger partial charge on any atom is 0.255 e. The van der Waals surface area contributed by atoms with Gasteiger partial charge in [0.2, 0.25) is 5.89 Å². The van der Waals surface area contributed by atoms with Crippen LogP contribution in [0.1, 0.15) is 10.4 Å². The van der Waals surface area contributed by atoms with Crippen LogP contribution in [0, 0.1) is 0 Å². The number of carbonyl (C=O) groups excluding carboxylic acids is 1. The number of carbonyl (C=O) groups is 1. The highest BCUT2D eigenvalue weighted by Crippen LogP contribution is 2.27. The molecule has 2 aromatic carbocycles. The van der Waals surface area contributed by atoms with Gasteiger partial charge in [-0.25, -0.2) is 4.98 Å². The molecule has 0 saturated carbocycles. The highest BCUT2D eigenvalue weighted by atomic mass is 16.5. The smallest absolute Gasteiger partial charge is 0.255 e. The van der Waals surface area contributed by atoms with E-state index in [2.05, 4.69) is 15.3 Å². The van der Waals surface area contributed by atoms with E-state index in [1.807, 2.05) is 12.1 Å². The van der Waals surface area contributed by atoms with E-state index in [4.69, 9.17) is 13.9 Å². The van der Waals surface area contributed by atoms with Gasteiger partial charge in [0.05, 0.1) is 19.8 Å². The molecule has 0 bridgehead atoms. The number of nitrogens with one attached hydrogen (secondary N) is 1. The van der Waals surface area contributed by atoms with Crippen molar-refractivity contribution in [1.29, 1.82) is 0 Å². The van der Waals surface area contributed by atoms with Crippen molar-refractivity contribution >= 4 is 22.7 Å². The van der Waals surface area contributed by atoms with Gasteiger partial charge in [0.15, 0.2) is 5.58 Å². The van der Waals surface area contributed by atoms with E-state index in [9.17, 15) is 4.79 Å². The van der Waals surface area contributed by atoms with Crippen molar-refractivity contribution in [2.24, 2.45) is 0 Å². The van der Waals surface area contributed by atoms with Gasteiger partial charge in [-0.1, -0.05) is 0 Å². The normalized spacial score (nSPS) is 10.6. The Hall–Kier alpha value is -3.87. The van der Waals surface area contributed by atoms with E-state index in [-0.39, 0.29) is 5.91 Å². The van der Waals surface area contributed by atoms with Gasteiger partial charge in [0.1, 0.15) is 17.0 Å². The average Bonchev–Trinajstić information content (AvgIpc) is 3.17. The molecule has 2 heterocycles. The first kappa shape index (κ1) is 17.5. The highest BCUT2D eigenvalue weighted by molar-refractivity contribution is 6.05. The summed E-state index contributed by atoms with van der Waals surface area (Å²) in [6, 6.07) is 14.0. The number of oxazole rings is 1. The van der Waals surface area contributed by atoms with Crippen LogP contribution in [0.5, 0.6) is 11.5 Å². The summed E-state index contributed by atoms with van der Waals surface area (Å²) in [5, 5.41) is 2.86. The Morgan fingerprint density at radius 1 is 1.04 bits per heavy atom. The fourth-order valence-electron chi connectivity index (χ4n) is 2.76. The largest absolute Gasteiger partial charge is 0.497 e. The van der Waals surface area contributed by atoms with E-state index < -0.39 is 0 Å². The number of nitrogens with zero attached hydrogens (tertiary/aromatic N) is 2. The second-order valence-electron chi connectivity index (χ2n) is 6.00. The third kappa shape index (κ3) is 3.50. The van der Waals surface area contributed by atoms with Gasteiger partial charge in [0, 0.05) is 29.7 Å². The molecule has 0 fully saturated rings. The first-order chi connectivity index (χ1) is 13.7. The second kappa shape index (κ2) is 7.40. The molecule has 7 nitrogen and oxygen atoms in total. The Balaban J connectivity index is 1.60. The van der Waals surface area contributed by atoms with Crippen LogP contribution in [0.4, 0.5) is 5.69 Å². The number of amides is 1. The van der Waals surface area contributed by atoms with Gasteiger partial charge in [-0.3, -0.25) is 9.78 Å². The number of hydrogen-bond acceptors (Lipinski definition) is 6. The van der Waals surface area contributed by atoms with Gasteiger partial charge in [0.25, 0.3) is 5.91 Å². The number of anilines is 1. The third-order valence-electron chi connectivity index (χ3n) is 4.17. The van der Waals surface area contributed by atoms with Crippen molar-refractivity contribution in [2.45, 2.75) is 0 Å². The number of rotatable bonds is 5. The Labute approximate surface area is 160 Å².